The van der Waals surface area contributed by atoms with Gasteiger partial charge >= 0.3 is 5.69 Å². The summed E-state index contributed by atoms with van der Waals surface area (Å²) in [5.41, 5.74) is -0.550. The lowest BCUT2D eigenvalue weighted by Gasteiger charge is -2.16. The van der Waals surface area contributed by atoms with Gasteiger partial charge in [-0.05, 0) is 12.8 Å². The Labute approximate surface area is 123 Å². The van der Waals surface area contributed by atoms with E-state index in [0.29, 0.717) is 12.1 Å². The summed E-state index contributed by atoms with van der Waals surface area (Å²) in [5, 5.41) is 10.3. The molecule has 2 N–H and O–H groups in total. The smallest absolute Gasteiger partial charge is 0.328 e. The number of aliphatic hydroxyl groups is 1. The molecule has 2 rings (SSSR count). The molecule has 1 fully saturated rings. The highest BCUT2D eigenvalue weighted by molar-refractivity contribution is 5.13. The van der Waals surface area contributed by atoms with Crippen LogP contribution in [0.25, 0.3) is 0 Å². The number of hydrogen-bond donors (Lipinski definition) is 2. The van der Waals surface area contributed by atoms with Crippen LogP contribution in [0.1, 0.15) is 51.7 Å². The predicted molar refractivity (Wildman–Crippen MR) is 79.3 cm³/mol. The van der Waals surface area contributed by atoms with Gasteiger partial charge in [0.2, 0.25) is 0 Å². The lowest BCUT2D eigenvalue weighted by Crippen LogP contribution is -2.34. The van der Waals surface area contributed by atoms with Crippen molar-refractivity contribution < 1.29 is 9.84 Å². The molecule has 0 aliphatic carbocycles. The van der Waals surface area contributed by atoms with Crippen LogP contribution < -0.4 is 11.2 Å². The molecule has 4 atom stereocenters. The molecule has 0 bridgehead atoms. The lowest BCUT2D eigenvalue weighted by atomic mass is 9.95. The first-order valence-corrected chi connectivity index (χ1v) is 7.66. The molecule has 0 spiro atoms. The molecule has 1 aliphatic rings. The molecule has 0 saturated carbocycles. The summed E-state index contributed by atoms with van der Waals surface area (Å²) in [6.45, 7) is 6.49. The maximum Gasteiger partial charge on any atom is 0.328 e. The molecule has 0 radical (unpaired) electrons. The summed E-state index contributed by atoms with van der Waals surface area (Å²) in [7, 11) is 0. The van der Waals surface area contributed by atoms with Crippen LogP contribution in [0.2, 0.25) is 0 Å². The van der Waals surface area contributed by atoms with E-state index in [4.69, 9.17) is 4.74 Å². The molecule has 2 heterocycles. The molecule has 118 valence electrons. The van der Waals surface area contributed by atoms with E-state index in [1.54, 1.807) is 0 Å². The van der Waals surface area contributed by atoms with Gasteiger partial charge in [-0.2, -0.15) is 0 Å². The number of aromatic nitrogens is 2. The first kappa shape index (κ1) is 16.0. The molecule has 1 aromatic rings. The summed E-state index contributed by atoms with van der Waals surface area (Å²) in [4.78, 5) is 26.1. The van der Waals surface area contributed by atoms with Crippen LogP contribution in [-0.4, -0.2) is 26.9 Å². The minimum atomic E-state index is -0.729. The fourth-order valence-electron chi connectivity index (χ4n) is 2.84. The number of nitrogens with zero attached hydrogens (tertiary/aromatic N) is 1. The van der Waals surface area contributed by atoms with Crippen molar-refractivity contribution in [1.82, 2.24) is 9.55 Å². The van der Waals surface area contributed by atoms with Crippen molar-refractivity contribution in [3.05, 3.63) is 32.6 Å². The van der Waals surface area contributed by atoms with E-state index < -0.39 is 23.5 Å². The monoisotopic (exact) mass is 296 g/mol. The maximum absolute atomic E-state index is 12.0. The topological polar surface area (TPSA) is 84.3 Å². The van der Waals surface area contributed by atoms with Crippen LogP contribution >= 0.6 is 0 Å². The van der Waals surface area contributed by atoms with Gasteiger partial charge in [-0.1, -0.05) is 27.2 Å². The Morgan fingerprint density at radius 1 is 1.38 bits per heavy atom. The van der Waals surface area contributed by atoms with Gasteiger partial charge in [-0.3, -0.25) is 9.78 Å². The van der Waals surface area contributed by atoms with Crippen LogP contribution in [0.3, 0.4) is 0 Å². The Morgan fingerprint density at radius 3 is 2.67 bits per heavy atom. The number of unbranched alkanes of at least 4 members (excludes halogenated alkanes) is 1. The number of hydrogen-bond acceptors (Lipinski definition) is 4. The van der Waals surface area contributed by atoms with Crippen LogP contribution in [0.15, 0.2) is 15.8 Å². The van der Waals surface area contributed by atoms with Gasteiger partial charge in [0.15, 0.2) is 0 Å². The standard InChI is InChI=1S/C15H24N2O4/c1-4-6-7-17-8-10(14(19)16-15(17)20)13-12(18)9(3)11(5-2)21-13/h8-9,11-13,18H,4-7H2,1-3H3,(H,16,19,20)/t9-,11+,12?,13-/m0/s1. The van der Waals surface area contributed by atoms with Crippen molar-refractivity contribution in [2.45, 2.75) is 64.9 Å². The predicted octanol–water partition coefficient (Wildman–Crippen LogP) is 1.18. The number of H-pyrrole nitrogens is 1. The molecule has 1 aromatic heterocycles. The SMILES string of the molecule is CCCCn1cc([C@@H]2O[C@H](CC)[C@H](C)C2O)c(=O)[nH]c1=O. The lowest BCUT2D eigenvalue weighted by molar-refractivity contribution is 0.00652. The Morgan fingerprint density at radius 2 is 2.10 bits per heavy atom. The van der Waals surface area contributed by atoms with Crippen LogP contribution in [0.5, 0.6) is 0 Å². The second-order valence-electron chi connectivity index (χ2n) is 5.74. The molecule has 6 nitrogen and oxygen atoms in total. The van der Waals surface area contributed by atoms with E-state index in [9.17, 15) is 14.7 Å². The highest BCUT2D eigenvalue weighted by Gasteiger charge is 2.41. The highest BCUT2D eigenvalue weighted by atomic mass is 16.5. The number of aliphatic hydroxyl groups excluding tert-OH is 1. The molecular weight excluding hydrogens is 272 g/mol. The average molecular weight is 296 g/mol. The highest BCUT2D eigenvalue weighted by Crippen LogP contribution is 2.36. The molecule has 1 aliphatic heterocycles. The molecule has 0 amide bonds. The van der Waals surface area contributed by atoms with Crippen LogP contribution in [0, 0.1) is 5.92 Å². The van der Waals surface area contributed by atoms with Gasteiger partial charge in [-0.25, -0.2) is 4.79 Å². The molecule has 1 saturated heterocycles. The third-order valence-electron chi connectivity index (χ3n) is 4.26. The summed E-state index contributed by atoms with van der Waals surface area (Å²) >= 11 is 0. The maximum atomic E-state index is 12.0. The first-order chi connectivity index (χ1) is 9.99. The summed E-state index contributed by atoms with van der Waals surface area (Å²) in [5.74, 6) is -0.0320. The second-order valence-corrected chi connectivity index (χ2v) is 5.74. The van der Waals surface area contributed by atoms with Crippen molar-refractivity contribution in [2.75, 3.05) is 0 Å². The first-order valence-electron chi connectivity index (χ1n) is 7.66. The zero-order valence-electron chi connectivity index (χ0n) is 12.8. The second kappa shape index (κ2) is 6.58. The van der Waals surface area contributed by atoms with E-state index in [0.717, 1.165) is 19.3 Å². The normalized spacial score (nSPS) is 29.0. The quantitative estimate of drug-likeness (QED) is 0.854. The van der Waals surface area contributed by atoms with Crippen molar-refractivity contribution in [1.29, 1.82) is 0 Å². The minimum absolute atomic E-state index is 0.0320. The molecule has 6 heteroatoms. The van der Waals surface area contributed by atoms with Gasteiger partial charge in [0.25, 0.3) is 5.56 Å². The van der Waals surface area contributed by atoms with Gasteiger partial charge in [0.05, 0.1) is 17.8 Å². The number of rotatable bonds is 5. The fraction of sp³-hybridized carbons (Fsp3) is 0.733. The van der Waals surface area contributed by atoms with Gasteiger partial charge in [-0.15, -0.1) is 0 Å². The van der Waals surface area contributed by atoms with E-state index in [1.165, 1.54) is 10.8 Å². The zero-order valence-corrected chi connectivity index (χ0v) is 12.8. The largest absolute Gasteiger partial charge is 0.390 e. The molecule has 1 unspecified atom stereocenters. The molecule has 0 aromatic carbocycles. The van der Waals surface area contributed by atoms with Crippen molar-refractivity contribution in [3.8, 4) is 0 Å². The summed E-state index contributed by atoms with van der Waals surface area (Å²) in [6, 6.07) is 0. The van der Waals surface area contributed by atoms with Gasteiger partial charge in [0, 0.05) is 18.7 Å². The molecular formula is C15H24N2O4. The number of aromatic amines is 1. The number of nitrogens with one attached hydrogen (secondary N) is 1. The van der Waals surface area contributed by atoms with Crippen LogP contribution in [0.4, 0.5) is 0 Å². The Kier molecular flexibility index (Phi) is 5.00. The third kappa shape index (κ3) is 3.11. The fourth-order valence-corrected chi connectivity index (χ4v) is 2.84. The Hall–Kier alpha value is -1.40. The van der Waals surface area contributed by atoms with Crippen molar-refractivity contribution >= 4 is 0 Å². The van der Waals surface area contributed by atoms with Gasteiger partial charge < -0.3 is 14.4 Å². The summed E-state index contributed by atoms with van der Waals surface area (Å²) < 4.78 is 7.30. The van der Waals surface area contributed by atoms with Crippen molar-refractivity contribution in [3.63, 3.8) is 0 Å². The van der Waals surface area contributed by atoms with E-state index in [1.807, 2.05) is 20.8 Å². The Bertz CT molecular complexity index is 592. The minimum Gasteiger partial charge on any atom is -0.390 e. The zero-order chi connectivity index (χ0) is 15.6. The van der Waals surface area contributed by atoms with E-state index in [2.05, 4.69) is 4.98 Å². The van der Waals surface area contributed by atoms with E-state index >= 15 is 0 Å². The molecule has 21 heavy (non-hydrogen) atoms. The van der Waals surface area contributed by atoms with Crippen molar-refractivity contribution in [2.24, 2.45) is 5.92 Å². The third-order valence-corrected chi connectivity index (χ3v) is 4.26. The average Bonchev–Trinajstić information content (AvgIpc) is 2.74. The number of ether oxygens (including phenoxy) is 1. The van der Waals surface area contributed by atoms with Crippen LogP contribution in [-0.2, 0) is 11.3 Å². The van der Waals surface area contributed by atoms with Gasteiger partial charge in [0.1, 0.15) is 6.10 Å². The Balaban J connectivity index is 2.35. The number of aryl methyl sites for hydroxylation is 1. The van der Waals surface area contributed by atoms with E-state index in [-0.39, 0.29) is 12.0 Å². The summed E-state index contributed by atoms with van der Waals surface area (Å²) in [6.07, 6.45) is 2.67.